The van der Waals surface area contributed by atoms with Crippen molar-refractivity contribution in [2.75, 3.05) is 17.3 Å². The zero-order chi connectivity index (χ0) is 12.6. The Morgan fingerprint density at radius 3 is 2.44 bits per heavy atom. The van der Waals surface area contributed by atoms with Crippen molar-refractivity contribution in [3.05, 3.63) is 0 Å². The molecule has 0 saturated carbocycles. The van der Waals surface area contributed by atoms with Crippen LogP contribution in [0.25, 0.3) is 0 Å². The number of sulfone groups is 1. The van der Waals surface area contributed by atoms with E-state index in [1.165, 1.54) is 0 Å². The van der Waals surface area contributed by atoms with Crippen LogP contribution in [-0.4, -0.2) is 37.0 Å². The SMILES string of the molecule is CCS(=O)(=O)CCCC(CSC(C)C)NN. The number of hydrazine groups is 1. The van der Waals surface area contributed by atoms with Crippen molar-refractivity contribution in [2.24, 2.45) is 5.84 Å². The number of hydrogen-bond donors (Lipinski definition) is 2. The van der Waals surface area contributed by atoms with Gasteiger partial charge in [-0.3, -0.25) is 11.3 Å². The van der Waals surface area contributed by atoms with Gasteiger partial charge < -0.3 is 0 Å². The van der Waals surface area contributed by atoms with Gasteiger partial charge in [-0.15, -0.1) is 0 Å². The lowest BCUT2D eigenvalue weighted by atomic mass is 10.2. The fourth-order valence-electron chi connectivity index (χ4n) is 1.22. The van der Waals surface area contributed by atoms with Gasteiger partial charge in [0.1, 0.15) is 9.84 Å². The van der Waals surface area contributed by atoms with Gasteiger partial charge in [-0.25, -0.2) is 8.42 Å². The minimum absolute atomic E-state index is 0.208. The minimum Gasteiger partial charge on any atom is -0.271 e. The van der Waals surface area contributed by atoms with Gasteiger partial charge in [0.25, 0.3) is 0 Å². The van der Waals surface area contributed by atoms with E-state index < -0.39 is 9.84 Å². The molecule has 0 fully saturated rings. The molecule has 4 nitrogen and oxygen atoms in total. The maximum Gasteiger partial charge on any atom is 0.150 e. The third kappa shape index (κ3) is 8.38. The molecular weight excluding hydrogens is 244 g/mol. The van der Waals surface area contributed by atoms with Gasteiger partial charge in [0.2, 0.25) is 0 Å². The van der Waals surface area contributed by atoms with Crippen molar-refractivity contribution < 1.29 is 8.42 Å². The number of rotatable bonds is 9. The largest absolute Gasteiger partial charge is 0.271 e. The summed E-state index contributed by atoms with van der Waals surface area (Å²) in [5.41, 5.74) is 2.75. The molecule has 0 rings (SSSR count). The smallest absolute Gasteiger partial charge is 0.150 e. The molecule has 6 heteroatoms. The molecule has 0 radical (unpaired) electrons. The van der Waals surface area contributed by atoms with E-state index >= 15 is 0 Å². The summed E-state index contributed by atoms with van der Waals surface area (Å²) in [6.07, 6.45) is 1.50. The Morgan fingerprint density at radius 2 is 2.00 bits per heavy atom. The zero-order valence-corrected chi connectivity index (χ0v) is 12.0. The van der Waals surface area contributed by atoms with E-state index in [-0.39, 0.29) is 17.5 Å². The second-order valence-electron chi connectivity index (χ2n) is 4.12. The summed E-state index contributed by atoms with van der Waals surface area (Å²) in [4.78, 5) is 0. The van der Waals surface area contributed by atoms with E-state index in [1.807, 2.05) is 11.8 Å². The fourth-order valence-corrected chi connectivity index (χ4v) is 2.99. The van der Waals surface area contributed by atoms with Crippen molar-refractivity contribution in [3.8, 4) is 0 Å². The van der Waals surface area contributed by atoms with Gasteiger partial charge >= 0.3 is 0 Å². The van der Waals surface area contributed by atoms with Gasteiger partial charge in [0.05, 0.1) is 5.75 Å². The van der Waals surface area contributed by atoms with E-state index in [0.29, 0.717) is 11.7 Å². The Kier molecular flexibility index (Phi) is 8.45. The predicted octanol–water partition coefficient (Wildman–Crippen LogP) is 1.17. The average molecular weight is 268 g/mol. The highest BCUT2D eigenvalue weighted by Crippen LogP contribution is 2.13. The molecule has 0 aromatic heterocycles. The molecule has 0 aliphatic carbocycles. The summed E-state index contributed by atoms with van der Waals surface area (Å²) in [5.74, 6) is 6.86. The first kappa shape index (κ1) is 16.2. The topological polar surface area (TPSA) is 72.2 Å². The summed E-state index contributed by atoms with van der Waals surface area (Å²) in [7, 11) is -2.83. The minimum atomic E-state index is -2.83. The lowest BCUT2D eigenvalue weighted by molar-refractivity contribution is 0.527. The van der Waals surface area contributed by atoms with Crippen LogP contribution in [0.5, 0.6) is 0 Å². The highest BCUT2D eigenvalue weighted by molar-refractivity contribution is 7.99. The van der Waals surface area contributed by atoms with Crippen molar-refractivity contribution in [1.29, 1.82) is 0 Å². The number of thioether (sulfide) groups is 1. The monoisotopic (exact) mass is 268 g/mol. The van der Waals surface area contributed by atoms with Crippen LogP contribution in [0.4, 0.5) is 0 Å². The van der Waals surface area contributed by atoms with Crippen LogP contribution in [0.2, 0.25) is 0 Å². The first-order valence-electron chi connectivity index (χ1n) is 5.69. The molecule has 0 saturated heterocycles. The summed E-state index contributed by atoms with van der Waals surface area (Å²) < 4.78 is 22.6. The van der Waals surface area contributed by atoms with Crippen LogP contribution >= 0.6 is 11.8 Å². The van der Waals surface area contributed by atoms with Gasteiger partial charge in [0, 0.05) is 17.5 Å². The highest BCUT2D eigenvalue weighted by Gasteiger charge is 2.11. The molecule has 0 amide bonds. The third-order valence-corrected chi connectivity index (χ3v) is 5.37. The van der Waals surface area contributed by atoms with Crippen molar-refractivity contribution >= 4 is 21.6 Å². The summed E-state index contributed by atoms with van der Waals surface area (Å²) in [6, 6.07) is 0.208. The molecule has 0 spiro atoms. The quantitative estimate of drug-likeness (QED) is 0.485. The molecule has 0 heterocycles. The Bertz CT molecular complexity index is 266. The van der Waals surface area contributed by atoms with E-state index in [9.17, 15) is 8.42 Å². The molecule has 1 atom stereocenters. The first-order chi connectivity index (χ1) is 7.41. The van der Waals surface area contributed by atoms with E-state index in [2.05, 4.69) is 19.3 Å². The van der Waals surface area contributed by atoms with Crippen LogP contribution in [0, 0.1) is 0 Å². The molecular formula is C10H24N2O2S2. The number of nitrogens with one attached hydrogen (secondary N) is 1. The molecule has 3 N–H and O–H groups in total. The fraction of sp³-hybridized carbons (Fsp3) is 1.00. The lowest BCUT2D eigenvalue weighted by Crippen LogP contribution is -2.37. The number of nitrogens with two attached hydrogens (primary N) is 1. The molecule has 0 aliphatic rings. The molecule has 0 aromatic carbocycles. The Balaban J connectivity index is 3.79. The second-order valence-corrected chi connectivity index (χ2v) is 8.21. The van der Waals surface area contributed by atoms with Crippen LogP contribution in [0.15, 0.2) is 0 Å². The van der Waals surface area contributed by atoms with Gasteiger partial charge in [0.15, 0.2) is 0 Å². The van der Waals surface area contributed by atoms with E-state index in [0.717, 1.165) is 12.2 Å². The molecule has 98 valence electrons. The van der Waals surface area contributed by atoms with Crippen LogP contribution < -0.4 is 11.3 Å². The Hall–Kier alpha value is 0.220. The predicted molar refractivity (Wildman–Crippen MR) is 72.3 cm³/mol. The maximum absolute atomic E-state index is 11.3. The molecule has 16 heavy (non-hydrogen) atoms. The molecule has 0 aromatic rings. The van der Waals surface area contributed by atoms with E-state index in [1.54, 1.807) is 6.92 Å². The second kappa shape index (κ2) is 8.33. The zero-order valence-electron chi connectivity index (χ0n) is 10.4. The summed E-state index contributed by atoms with van der Waals surface area (Å²) in [5, 5.41) is 0.579. The third-order valence-electron chi connectivity index (χ3n) is 2.31. The van der Waals surface area contributed by atoms with Crippen molar-refractivity contribution in [1.82, 2.24) is 5.43 Å². The Labute approximate surface area is 104 Å². The average Bonchev–Trinajstić information content (AvgIpc) is 2.22. The Morgan fingerprint density at radius 1 is 1.38 bits per heavy atom. The lowest BCUT2D eigenvalue weighted by Gasteiger charge is -2.16. The van der Waals surface area contributed by atoms with E-state index in [4.69, 9.17) is 5.84 Å². The first-order valence-corrected chi connectivity index (χ1v) is 8.56. The number of hydrogen-bond acceptors (Lipinski definition) is 5. The van der Waals surface area contributed by atoms with Gasteiger partial charge in [-0.1, -0.05) is 20.8 Å². The van der Waals surface area contributed by atoms with Gasteiger partial charge in [-0.05, 0) is 18.1 Å². The van der Waals surface area contributed by atoms with Gasteiger partial charge in [-0.2, -0.15) is 11.8 Å². The van der Waals surface area contributed by atoms with Crippen LogP contribution in [-0.2, 0) is 9.84 Å². The molecule has 0 bridgehead atoms. The molecule has 0 aliphatic heterocycles. The maximum atomic E-state index is 11.3. The normalized spacial score (nSPS) is 14.3. The van der Waals surface area contributed by atoms with Crippen LogP contribution in [0.3, 0.4) is 0 Å². The standard InChI is InChI=1S/C10H24N2O2S2/c1-4-16(13,14)7-5-6-10(12-11)8-15-9(2)3/h9-10,12H,4-8,11H2,1-3H3. The highest BCUT2D eigenvalue weighted by atomic mass is 32.2. The summed E-state index contributed by atoms with van der Waals surface area (Å²) >= 11 is 1.84. The summed E-state index contributed by atoms with van der Waals surface area (Å²) in [6.45, 7) is 5.96. The molecule has 1 unspecified atom stereocenters. The van der Waals surface area contributed by atoms with Crippen molar-refractivity contribution in [2.45, 2.75) is 44.9 Å². The van der Waals surface area contributed by atoms with Crippen LogP contribution in [0.1, 0.15) is 33.6 Å². The van der Waals surface area contributed by atoms with Crippen molar-refractivity contribution in [3.63, 3.8) is 0 Å².